The number of aliphatic hydroxyl groups is 1. The maximum Gasteiger partial charge on any atom is 0.0451 e. The standard InChI is InChI=1S/C16H26N2O/c1-13-4-6-14(7-5-13)18-15(8-11-19)12-17-10-9-16(18,2)3/h4-7,15,17,19H,8-12H2,1-3H3. The van der Waals surface area contributed by atoms with Crippen LogP contribution in [0.2, 0.25) is 0 Å². The van der Waals surface area contributed by atoms with Crippen molar-refractivity contribution in [1.29, 1.82) is 0 Å². The minimum atomic E-state index is 0.110. The fourth-order valence-electron chi connectivity index (χ4n) is 3.01. The first-order valence-corrected chi connectivity index (χ1v) is 7.22. The van der Waals surface area contributed by atoms with Crippen molar-refractivity contribution in [1.82, 2.24) is 5.32 Å². The van der Waals surface area contributed by atoms with Crippen molar-refractivity contribution >= 4 is 5.69 Å². The highest BCUT2D eigenvalue weighted by molar-refractivity contribution is 5.51. The summed E-state index contributed by atoms with van der Waals surface area (Å²) in [6.07, 6.45) is 1.92. The highest BCUT2D eigenvalue weighted by Crippen LogP contribution is 2.31. The third kappa shape index (κ3) is 3.28. The van der Waals surface area contributed by atoms with Crippen molar-refractivity contribution in [2.24, 2.45) is 0 Å². The Labute approximate surface area is 116 Å². The summed E-state index contributed by atoms with van der Waals surface area (Å²) in [6.45, 7) is 8.93. The van der Waals surface area contributed by atoms with Crippen molar-refractivity contribution in [3.63, 3.8) is 0 Å². The Bertz CT molecular complexity index is 400. The van der Waals surface area contributed by atoms with Crippen LogP contribution in [0.3, 0.4) is 0 Å². The second-order valence-electron chi connectivity index (χ2n) is 6.14. The van der Waals surface area contributed by atoms with E-state index in [-0.39, 0.29) is 12.1 Å². The van der Waals surface area contributed by atoms with Gasteiger partial charge in [0.15, 0.2) is 0 Å². The summed E-state index contributed by atoms with van der Waals surface area (Å²) in [5.41, 5.74) is 2.66. The largest absolute Gasteiger partial charge is 0.396 e. The fraction of sp³-hybridized carbons (Fsp3) is 0.625. The van der Waals surface area contributed by atoms with Gasteiger partial charge in [0.05, 0.1) is 0 Å². The molecule has 1 aromatic carbocycles. The number of aryl methyl sites for hydroxylation is 1. The van der Waals surface area contributed by atoms with Crippen LogP contribution in [0.25, 0.3) is 0 Å². The molecule has 0 spiro atoms. The lowest BCUT2D eigenvalue weighted by atomic mass is 9.95. The topological polar surface area (TPSA) is 35.5 Å². The molecule has 1 saturated heterocycles. The predicted octanol–water partition coefficient (Wildman–Crippen LogP) is 2.32. The number of hydrogen-bond acceptors (Lipinski definition) is 3. The monoisotopic (exact) mass is 262 g/mol. The Morgan fingerprint density at radius 2 is 2.00 bits per heavy atom. The Balaban J connectivity index is 2.34. The van der Waals surface area contributed by atoms with Gasteiger partial charge in [-0.1, -0.05) is 17.7 Å². The van der Waals surface area contributed by atoms with E-state index in [0.29, 0.717) is 6.04 Å². The molecule has 1 heterocycles. The van der Waals surface area contributed by atoms with Crippen molar-refractivity contribution < 1.29 is 5.11 Å². The third-order valence-corrected chi connectivity index (χ3v) is 4.09. The summed E-state index contributed by atoms with van der Waals surface area (Å²) in [5, 5.41) is 12.8. The molecule has 0 aromatic heterocycles. The summed E-state index contributed by atoms with van der Waals surface area (Å²) in [4.78, 5) is 2.49. The second-order valence-corrected chi connectivity index (χ2v) is 6.14. The van der Waals surface area contributed by atoms with E-state index in [4.69, 9.17) is 0 Å². The fourth-order valence-corrected chi connectivity index (χ4v) is 3.01. The number of anilines is 1. The Morgan fingerprint density at radius 1 is 1.32 bits per heavy atom. The van der Waals surface area contributed by atoms with Gasteiger partial charge < -0.3 is 15.3 Å². The third-order valence-electron chi connectivity index (χ3n) is 4.09. The molecule has 1 fully saturated rings. The van der Waals surface area contributed by atoms with E-state index in [1.165, 1.54) is 11.3 Å². The highest BCUT2D eigenvalue weighted by Gasteiger charge is 2.34. The summed E-state index contributed by atoms with van der Waals surface area (Å²) in [6, 6.07) is 9.09. The van der Waals surface area contributed by atoms with Crippen LogP contribution in [0, 0.1) is 6.92 Å². The maximum atomic E-state index is 9.33. The average molecular weight is 262 g/mol. The molecule has 1 aliphatic rings. The van der Waals surface area contributed by atoms with E-state index >= 15 is 0 Å². The lowest BCUT2D eigenvalue weighted by molar-refractivity contribution is 0.265. The van der Waals surface area contributed by atoms with Crippen LogP contribution in [0.5, 0.6) is 0 Å². The van der Waals surface area contributed by atoms with Crippen molar-refractivity contribution in [3.8, 4) is 0 Å². The summed E-state index contributed by atoms with van der Waals surface area (Å²) >= 11 is 0. The molecule has 3 nitrogen and oxygen atoms in total. The van der Waals surface area contributed by atoms with E-state index in [1.807, 2.05) is 0 Å². The molecule has 1 atom stereocenters. The molecular weight excluding hydrogens is 236 g/mol. The number of aliphatic hydroxyl groups excluding tert-OH is 1. The molecule has 19 heavy (non-hydrogen) atoms. The van der Waals surface area contributed by atoms with Gasteiger partial charge in [-0.05, 0) is 52.3 Å². The number of nitrogens with zero attached hydrogens (tertiary/aromatic N) is 1. The average Bonchev–Trinajstić information content (AvgIpc) is 2.50. The van der Waals surface area contributed by atoms with Crippen molar-refractivity contribution in [2.75, 3.05) is 24.6 Å². The van der Waals surface area contributed by atoms with E-state index in [9.17, 15) is 5.11 Å². The van der Waals surface area contributed by atoms with Crippen molar-refractivity contribution in [2.45, 2.75) is 45.2 Å². The Kier molecular flexibility index (Phi) is 4.48. The van der Waals surface area contributed by atoms with Gasteiger partial charge >= 0.3 is 0 Å². The molecule has 0 bridgehead atoms. The van der Waals surface area contributed by atoms with Crippen LogP contribution in [0.15, 0.2) is 24.3 Å². The Morgan fingerprint density at radius 3 is 2.63 bits per heavy atom. The van der Waals surface area contributed by atoms with E-state index in [0.717, 1.165) is 25.9 Å². The van der Waals surface area contributed by atoms with Gasteiger partial charge in [0.25, 0.3) is 0 Å². The number of rotatable bonds is 3. The molecule has 1 aliphatic heterocycles. The van der Waals surface area contributed by atoms with Crippen LogP contribution in [0.4, 0.5) is 5.69 Å². The van der Waals surface area contributed by atoms with Gasteiger partial charge in [0.1, 0.15) is 0 Å². The van der Waals surface area contributed by atoms with E-state index < -0.39 is 0 Å². The number of nitrogens with one attached hydrogen (secondary N) is 1. The predicted molar refractivity (Wildman–Crippen MR) is 80.7 cm³/mol. The van der Waals surface area contributed by atoms with Gasteiger partial charge in [0, 0.05) is 30.4 Å². The van der Waals surface area contributed by atoms with Gasteiger partial charge in [0.2, 0.25) is 0 Å². The summed E-state index contributed by atoms with van der Waals surface area (Å²) < 4.78 is 0. The molecule has 2 rings (SSSR count). The molecule has 2 N–H and O–H groups in total. The van der Waals surface area contributed by atoms with Crippen LogP contribution < -0.4 is 10.2 Å². The quantitative estimate of drug-likeness (QED) is 0.877. The molecule has 0 aliphatic carbocycles. The lowest BCUT2D eigenvalue weighted by Gasteiger charge is -2.44. The molecular formula is C16H26N2O. The lowest BCUT2D eigenvalue weighted by Crippen LogP contribution is -2.51. The van der Waals surface area contributed by atoms with E-state index in [1.54, 1.807) is 0 Å². The minimum Gasteiger partial charge on any atom is -0.396 e. The molecule has 106 valence electrons. The zero-order valence-electron chi connectivity index (χ0n) is 12.3. The SMILES string of the molecule is Cc1ccc(N2C(CCO)CNCCC2(C)C)cc1. The van der Waals surface area contributed by atoms with Gasteiger partial charge in [-0.2, -0.15) is 0 Å². The number of benzene rings is 1. The molecule has 0 radical (unpaired) electrons. The zero-order valence-corrected chi connectivity index (χ0v) is 12.3. The van der Waals surface area contributed by atoms with Gasteiger partial charge in [-0.15, -0.1) is 0 Å². The zero-order chi connectivity index (χ0) is 13.9. The highest BCUT2D eigenvalue weighted by atomic mass is 16.3. The first kappa shape index (κ1) is 14.4. The summed E-state index contributed by atoms with van der Waals surface area (Å²) in [7, 11) is 0. The van der Waals surface area contributed by atoms with Gasteiger partial charge in [-0.25, -0.2) is 0 Å². The normalized spacial score (nSPS) is 23.2. The van der Waals surface area contributed by atoms with Crippen LogP contribution in [-0.2, 0) is 0 Å². The van der Waals surface area contributed by atoms with Crippen LogP contribution in [0.1, 0.15) is 32.3 Å². The molecule has 0 amide bonds. The molecule has 0 saturated carbocycles. The smallest absolute Gasteiger partial charge is 0.0451 e. The van der Waals surface area contributed by atoms with Crippen LogP contribution in [-0.4, -0.2) is 36.4 Å². The summed E-state index contributed by atoms with van der Waals surface area (Å²) in [5.74, 6) is 0. The second kappa shape index (κ2) is 5.93. The first-order valence-electron chi connectivity index (χ1n) is 7.22. The van der Waals surface area contributed by atoms with Crippen LogP contribution >= 0.6 is 0 Å². The number of hydrogen-bond donors (Lipinski definition) is 2. The first-order chi connectivity index (χ1) is 9.04. The molecule has 1 aromatic rings. The Hall–Kier alpha value is -1.06. The van der Waals surface area contributed by atoms with E-state index in [2.05, 4.69) is 55.3 Å². The maximum absolute atomic E-state index is 9.33. The molecule has 3 heteroatoms. The van der Waals surface area contributed by atoms with Gasteiger partial charge in [-0.3, -0.25) is 0 Å². The minimum absolute atomic E-state index is 0.110. The van der Waals surface area contributed by atoms with Crippen molar-refractivity contribution in [3.05, 3.63) is 29.8 Å². The molecule has 1 unspecified atom stereocenters.